The molecular formula is C21H22N4O2. The first kappa shape index (κ1) is 17.4. The van der Waals surface area contributed by atoms with Gasteiger partial charge in [-0.25, -0.2) is 9.97 Å². The second-order valence-corrected chi connectivity index (χ2v) is 6.72. The third-order valence-corrected chi connectivity index (χ3v) is 4.92. The maximum absolute atomic E-state index is 11.7. The van der Waals surface area contributed by atoms with E-state index in [2.05, 4.69) is 21.0 Å². The highest BCUT2D eigenvalue weighted by Gasteiger charge is 2.23. The van der Waals surface area contributed by atoms with Gasteiger partial charge < -0.3 is 9.64 Å². The van der Waals surface area contributed by atoms with Crippen LogP contribution in [0.5, 0.6) is 6.01 Å². The zero-order valence-corrected chi connectivity index (χ0v) is 15.3. The van der Waals surface area contributed by atoms with Crippen molar-refractivity contribution in [3.63, 3.8) is 0 Å². The lowest BCUT2D eigenvalue weighted by Gasteiger charge is -2.31. The van der Waals surface area contributed by atoms with E-state index >= 15 is 0 Å². The third kappa shape index (κ3) is 3.89. The molecule has 1 aromatic carbocycles. The van der Waals surface area contributed by atoms with E-state index in [9.17, 15) is 4.79 Å². The third-order valence-electron chi connectivity index (χ3n) is 4.92. The summed E-state index contributed by atoms with van der Waals surface area (Å²) in [6, 6.07) is 10.5. The lowest BCUT2D eigenvalue weighted by Crippen LogP contribution is -2.41. The number of fused-ring (bicyclic) bond motifs is 1. The molecule has 1 aliphatic heterocycles. The van der Waals surface area contributed by atoms with E-state index < -0.39 is 0 Å². The van der Waals surface area contributed by atoms with Gasteiger partial charge in [-0.05, 0) is 12.1 Å². The first-order chi connectivity index (χ1) is 13.2. The molecule has 4 rings (SSSR count). The molecule has 0 atom stereocenters. The minimum Gasteiger partial charge on any atom is -0.460 e. The van der Waals surface area contributed by atoms with Crippen molar-refractivity contribution in [3.8, 4) is 17.1 Å². The molecule has 1 fully saturated rings. The average molecular weight is 362 g/mol. The molecule has 0 spiro atoms. The average Bonchev–Trinajstić information content (AvgIpc) is 2.74. The topological polar surface area (TPSA) is 68.2 Å². The van der Waals surface area contributed by atoms with Crippen LogP contribution in [0.2, 0.25) is 0 Å². The molecule has 1 amide bonds. The number of aromatic nitrogens is 3. The van der Waals surface area contributed by atoms with E-state index in [4.69, 9.17) is 4.74 Å². The van der Waals surface area contributed by atoms with Crippen molar-refractivity contribution in [1.29, 1.82) is 0 Å². The SMILES string of the molecule is CCC(=O)N1CCC(Oc2ncc(-c3cnc4ccccc4c3)cn2)CC1. The van der Waals surface area contributed by atoms with Crippen molar-refractivity contribution in [2.24, 2.45) is 0 Å². The Bertz CT molecular complexity index is 934. The lowest BCUT2D eigenvalue weighted by molar-refractivity contribution is -0.132. The molecule has 0 saturated carbocycles. The second-order valence-electron chi connectivity index (χ2n) is 6.72. The van der Waals surface area contributed by atoms with Crippen molar-refractivity contribution in [2.75, 3.05) is 13.1 Å². The van der Waals surface area contributed by atoms with Gasteiger partial charge in [0.25, 0.3) is 0 Å². The number of carbonyl (C=O) groups excluding carboxylic acids is 1. The van der Waals surface area contributed by atoms with E-state index in [0.717, 1.165) is 48.0 Å². The maximum atomic E-state index is 11.7. The molecule has 1 aliphatic rings. The van der Waals surface area contributed by atoms with Gasteiger partial charge in [0.1, 0.15) is 6.10 Å². The Hall–Kier alpha value is -3.02. The molecule has 27 heavy (non-hydrogen) atoms. The molecule has 0 N–H and O–H groups in total. The van der Waals surface area contributed by atoms with Crippen LogP contribution in [0, 0.1) is 0 Å². The van der Waals surface area contributed by atoms with Gasteiger partial charge >= 0.3 is 6.01 Å². The number of hydrogen-bond acceptors (Lipinski definition) is 5. The summed E-state index contributed by atoms with van der Waals surface area (Å²) in [7, 11) is 0. The van der Waals surface area contributed by atoms with Gasteiger partial charge in [-0.15, -0.1) is 0 Å². The summed E-state index contributed by atoms with van der Waals surface area (Å²) in [4.78, 5) is 26.8. The number of amides is 1. The van der Waals surface area contributed by atoms with Crippen LogP contribution in [0.4, 0.5) is 0 Å². The molecule has 0 radical (unpaired) electrons. The standard InChI is InChI=1S/C21H22N4O2/c1-2-20(26)25-9-7-18(8-10-25)27-21-23-13-17(14-24-21)16-11-15-5-3-4-6-19(15)22-12-16/h3-6,11-14,18H,2,7-10H2,1H3. The molecule has 6 heteroatoms. The highest BCUT2D eigenvalue weighted by Crippen LogP contribution is 2.23. The van der Waals surface area contributed by atoms with Gasteiger partial charge in [0.2, 0.25) is 5.91 Å². The fraction of sp³-hybridized carbons (Fsp3) is 0.333. The molecule has 2 aromatic heterocycles. The number of para-hydroxylation sites is 1. The molecule has 3 heterocycles. The summed E-state index contributed by atoms with van der Waals surface area (Å²) in [6.45, 7) is 3.36. The van der Waals surface area contributed by atoms with E-state index in [1.807, 2.05) is 42.3 Å². The first-order valence-electron chi connectivity index (χ1n) is 9.34. The Morgan fingerprint density at radius 1 is 1.07 bits per heavy atom. The molecular weight excluding hydrogens is 340 g/mol. The minimum atomic E-state index is 0.0547. The van der Waals surface area contributed by atoms with Crippen LogP contribution >= 0.6 is 0 Å². The molecule has 6 nitrogen and oxygen atoms in total. The van der Waals surface area contributed by atoms with Crippen LogP contribution in [0.15, 0.2) is 48.9 Å². The summed E-state index contributed by atoms with van der Waals surface area (Å²) in [5.74, 6) is 0.207. The molecule has 0 unspecified atom stereocenters. The van der Waals surface area contributed by atoms with Gasteiger partial charge in [-0.1, -0.05) is 25.1 Å². The largest absolute Gasteiger partial charge is 0.460 e. The molecule has 0 aliphatic carbocycles. The lowest BCUT2D eigenvalue weighted by atomic mass is 10.1. The van der Waals surface area contributed by atoms with Crippen LogP contribution in [-0.2, 0) is 4.79 Å². The Morgan fingerprint density at radius 2 is 1.78 bits per heavy atom. The summed E-state index contributed by atoms with van der Waals surface area (Å²) in [5, 5.41) is 1.09. The summed E-state index contributed by atoms with van der Waals surface area (Å²) >= 11 is 0. The molecule has 3 aromatic rings. The number of likely N-dealkylation sites (tertiary alicyclic amines) is 1. The van der Waals surface area contributed by atoms with Crippen molar-refractivity contribution < 1.29 is 9.53 Å². The zero-order valence-electron chi connectivity index (χ0n) is 15.3. The fourth-order valence-electron chi connectivity index (χ4n) is 3.35. The summed E-state index contributed by atoms with van der Waals surface area (Å²) < 4.78 is 5.90. The van der Waals surface area contributed by atoms with Crippen molar-refractivity contribution in [2.45, 2.75) is 32.3 Å². The van der Waals surface area contributed by atoms with Crippen LogP contribution in [0.3, 0.4) is 0 Å². The van der Waals surface area contributed by atoms with Crippen LogP contribution in [0.25, 0.3) is 22.0 Å². The van der Waals surface area contributed by atoms with E-state index in [-0.39, 0.29) is 12.0 Å². The summed E-state index contributed by atoms with van der Waals surface area (Å²) in [5.41, 5.74) is 2.85. The normalized spacial score (nSPS) is 15.1. The number of rotatable bonds is 4. The van der Waals surface area contributed by atoms with Crippen molar-refractivity contribution in [1.82, 2.24) is 19.9 Å². The van der Waals surface area contributed by atoms with E-state index in [0.29, 0.717) is 12.4 Å². The van der Waals surface area contributed by atoms with Gasteiger partial charge in [0.05, 0.1) is 5.52 Å². The predicted octanol–water partition coefficient (Wildman–Crippen LogP) is 3.47. The van der Waals surface area contributed by atoms with Gasteiger partial charge in [-0.2, -0.15) is 0 Å². The molecule has 0 bridgehead atoms. The number of carbonyl (C=O) groups is 1. The highest BCUT2D eigenvalue weighted by molar-refractivity contribution is 5.83. The van der Waals surface area contributed by atoms with Crippen LogP contribution in [0.1, 0.15) is 26.2 Å². The maximum Gasteiger partial charge on any atom is 0.316 e. The fourth-order valence-corrected chi connectivity index (χ4v) is 3.35. The quantitative estimate of drug-likeness (QED) is 0.711. The Labute approximate surface area is 158 Å². The Balaban J connectivity index is 1.41. The van der Waals surface area contributed by atoms with Gasteiger partial charge in [0.15, 0.2) is 0 Å². The minimum absolute atomic E-state index is 0.0547. The number of ether oxygens (including phenoxy) is 1. The van der Waals surface area contributed by atoms with Gasteiger partial charge in [-0.3, -0.25) is 9.78 Å². The number of nitrogens with zero attached hydrogens (tertiary/aromatic N) is 4. The predicted molar refractivity (Wildman–Crippen MR) is 103 cm³/mol. The van der Waals surface area contributed by atoms with Crippen molar-refractivity contribution >= 4 is 16.8 Å². The monoisotopic (exact) mass is 362 g/mol. The number of piperidine rings is 1. The highest BCUT2D eigenvalue weighted by atomic mass is 16.5. The van der Waals surface area contributed by atoms with Crippen LogP contribution in [-0.4, -0.2) is 45.0 Å². The Kier molecular flexibility index (Phi) is 4.96. The number of benzene rings is 1. The van der Waals surface area contributed by atoms with E-state index in [1.54, 1.807) is 12.4 Å². The Morgan fingerprint density at radius 3 is 2.52 bits per heavy atom. The number of hydrogen-bond donors (Lipinski definition) is 0. The summed E-state index contributed by atoms with van der Waals surface area (Å²) in [6.07, 6.45) is 7.60. The molecule has 1 saturated heterocycles. The van der Waals surface area contributed by atoms with Crippen molar-refractivity contribution in [3.05, 3.63) is 48.9 Å². The first-order valence-corrected chi connectivity index (χ1v) is 9.34. The van der Waals surface area contributed by atoms with E-state index in [1.165, 1.54) is 0 Å². The molecule has 138 valence electrons. The smallest absolute Gasteiger partial charge is 0.316 e. The second kappa shape index (κ2) is 7.70. The van der Waals surface area contributed by atoms with Crippen LogP contribution < -0.4 is 4.74 Å². The van der Waals surface area contributed by atoms with Gasteiger partial charge in [0, 0.05) is 67.5 Å². The number of pyridine rings is 1. The zero-order chi connectivity index (χ0) is 18.6.